The second-order valence-corrected chi connectivity index (χ2v) is 8.07. The third-order valence-electron chi connectivity index (χ3n) is 3.42. The Balaban J connectivity index is 2.66. The second kappa shape index (κ2) is 9.38. The first-order valence-corrected chi connectivity index (χ1v) is 9.65. The van der Waals surface area contributed by atoms with Crippen molar-refractivity contribution < 1.29 is 18.0 Å². The van der Waals surface area contributed by atoms with Gasteiger partial charge in [-0.1, -0.05) is 19.9 Å². The summed E-state index contributed by atoms with van der Waals surface area (Å²) in [6, 6.07) is 4.67. The van der Waals surface area contributed by atoms with Gasteiger partial charge in [-0.15, -0.1) is 0 Å². The maximum atomic E-state index is 11.9. The summed E-state index contributed by atoms with van der Waals surface area (Å²) in [6.07, 6.45) is 0.414. The molecular formula is C16H26N4O4S. The Hall–Kier alpha value is -2.13. The summed E-state index contributed by atoms with van der Waals surface area (Å²) in [5.41, 5.74) is 1.88. The molecule has 1 aromatic rings. The Labute approximate surface area is 148 Å². The van der Waals surface area contributed by atoms with Crippen molar-refractivity contribution in [2.45, 2.75) is 27.2 Å². The molecule has 0 spiro atoms. The second-order valence-electron chi connectivity index (χ2n) is 6.03. The standard InChI is InChI=1S/C16H26N4O4S/c1-11(2)10-15(21)19-13-6-5-7-14(12(13)3)20-16(22)18-8-9-25(23,24)17-4/h5-7,11,17H,8-10H2,1-4H3,(H,19,21)(H2,18,20,22). The van der Waals surface area contributed by atoms with Gasteiger partial charge in [-0.3, -0.25) is 4.79 Å². The summed E-state index contributed by atoms with van der Waals surface area (Å²) in [5.74, 6) is -0.0421. The molecule has 0 aliphatic heterocycles. The molecule has 4 N–H and O–H groups in total. The zero-order valence-corrected chi connectivity index (χ0v) is 15.8. The summed E-state index contributed by atoms with van der Waals surface area (Å²) in [6.45, 7) is 5.69. The molecule has 3 amide bonds. The van der Waals surface area contributed by atoms with E-state index >= 15 is 0 Å². The smallest absolute Gasteiger partial charge is 0.319 e. The minimum Gasteiger partial charge on any atom is -0.337 e. The van der Waals surface area contributed by atoms with Crippen LogP contribution in [0.2, 0.25) is 0 Å². The molecule has 25 heavy (non-hydrogen) atoms. The lowest BCUT2D eigenvalue weighted by atomic mass is 10.1. The summed E-state index contributed by atoms with van der Waals surface area (Å²) in [7, 11) is -2.05. The third kappa shape index (κ3) is 7.53. The highest BCUT2D eigenvalue weighted by molar-refractivity contribution is 7.89. The predicted molar refractivity (Wildman–Crippen MR) is 99.1 cm³/mol. The first-order valence-electron chi connectivity index (χ1n) is 8.00. The van der Waals surface area contributed by atoms with E-state index in [1.807, 2.05) is 13.8 Å². The van der Waals surface area contributed by atoms with E-state index < -0.39 is 16.1 Å². The van der Waals surface area contributed by atoms with E-state index in [1.54, 1.807) is 25.1 Å². The first kappa shape index (κ1) is 20.9. The highest BCUT2D eigenvalue weighted by Gasteiger charge is 2.12. The SMILES string of the molecule is CNS(=O)(=O)CCNC(=O)Nc1cccc(NC(=O)CC(C)C)c1C. The van der Waals surface area contributed by atoms with E-state index in [9.17, 15) is 18.0 Å². The van der Waals surface area contributed by atoms with Gasteiger partial charge in [-0.05, 0) is 37.6 Å². The molecular weight excluding hydrogens is 344 g/mol. The van der Waals surface area contributed by atoms with Crippen molar-refractivity contribution in [3.8, 4) is 0 Å². The van der Waals surface area contributed by atoms with Gasteiger partial charge in [-0.2, -0.15) is 0 Å². The van der Waals surface area contributed by atoms with Gasteiger partial charge in [0.15, 0.2) is 0 Å². The van der Waals surface area contributed by atoms with Crippen molar-refractivity contribution in [1.82, 2.24) is 10.0 Å². The van der Waals surface area contributed by atoms with Crippen LogP contribution in [0.25, 0.3) is 0 Å². The molecule has 0 saturated carbocycles. The fourth-order valence-electron chi connectivity index (χ4n) is 2.05. The minimum absolute atomic E-state index is 0.0150. The number of hydrogen-bond donors (Lipinski definition) is 4. The summed E-state index contributed by atoms with van der Waals surface area (Å²) >= 11 is 0. The molecule has 9 heteroatoms. The predicted octanol–water partition coefficient (Wildman–Crippen LogP) is 1.65. The average Bonchev–Trinajstić information content (AvgIpc) is 2.50. The zero-order valence-electron chi connectivity index (χ0n) is 15.0. The summed E-state index contributed by atoms with van der Waals surface area (Å²) in [4.78, 5) is 23.8. The van der Waals surface area contributed by atoms with Gasteiger partial charge in [0.2, 0.25) is 15.9 Å². The van der Waals surface area contributed by atoms with E-state index in [4.69, 9.17) is 0 Å². The molecule has 0 heterocycles. The normalized spacial score (nSPS) is 11.2. The van der Waals surface area contributed by atoms with Crippen LogP contribution >= 0.6 is 0 Å². The van der Waals surface area contributed by atoms with Crippen LogP contribution < -0.4 is 20.7 Å². The van der Waals surface area contributed by atoms with Crippen LogP contribution in [0.4, 0.5) is 16.2 Å². The molecule has 0 aromatic heterocycles. The minimum atomic E-state index is -3.37. The Morgan fingerprint density at radius 1 is 1.12 bits per heavy atom. The van der Waals surface area contributed by atoms with Gasteiger partial charge < -0.3 is 16.0 Å². The highest BCUT2D eigenvalue weighted by atomic mass is 32.2. The Bertz CT molecular complexity index is 717. The molecule has 0 aliphatic carbocycles. The van der Waals surface area contributed by atoms with E-state index in [1.165, 1.54) is 7.05 Å². The number of carbonyl (C=O) groups excluding carboxylic acids is 2. The van der Waals surface area contributed by atoms with Gasteiger partial charge in [0, 0.05) is 24.3 Å². The van der Waals surface area contributed by atoms with Crippen molar-refractivity contribution in [2.75, 3.05) is 30.0 Å². The van der Waals surface area contributed by atoms with E-state index in [-0.39, 0.29) is 24.1 Å². The van der Waals surface area contributed by atoms with Gasteiger partial charge >= 0.3 is 6.03 Å². The lowest BCUT2D eigenvalue weighted by molar-refractivity contribution is -0.116. The Morgan fingerprint density at radius 3 is 2.28 bits per heavy atom. The molecule has 140 valence electrons. The summed E-state index contributed by atoms with van der Waals surface area (Å²) < 4.78 is 24.8. The van der Waals surface area contributed by atoms with Crippen LogP contribution in [0.15, 0.2) is 18.2 Å². The van der Waals surface area contributed by atoms with Crippen LogP contribution in [0.3, 0.4) is 0 Å². The fraction of sp³-hybridized carbons (Fsp3) is 0.500. The maximum absolute atomic E-state index is 11.9. The Morgan fingerprint density at radius 2 is 1.72 bits per heavy atom. The number of sulfonamides is 1. The van der Waals surface area contributed by atoms with Crippen molar-refractivity contribution in [2.24, 2.45) is 5.92 Å². The molecule has 0 unspecified atom stereocenters. The number of hydrogen-bond acceptors (Lipinski definition) is 4. The number of urea groups is 1. The molecule has 1 aromatic carbocycles. The van der Waals surface area contributed by atoms with Gasteiger partial charge in [0.25, 0.3) is 0 Å². The number of nitrogens with one attached hydrogen (secondary N) is 4. The Kier molecular flexibility index (Phi) is 7.85. The van der Waals surface area contributed by atoms with Crippen molar-refractivity contribution in [1.29, 1.82) is 0 Å². The zero-order chi connectivity index (χ0) is 19.0. The molecule has 0 saturated heterocycles. The monoisotopic (exact) mass is 370 g/mol. The van der Waals surface area contributed by atoms with Crippen LogP contribution in [-0.4, -0.2) is 39.7 Å². The van der Waals surface area contributed by atoms with Crippen molar-refractivity contribution >= 4 is 33.3 Å². The quantitative estimate of drug-likeness (QED) is 0.557. The molecule has 0 fully saturated rings. The molecule has 0 radical (unpaired) electrons. The largest absolute Gasteiger partial charge is 0.337 e. The molecule has 0 aliphatic rings. The van der Waals surface area contributed by atoms with Crippen LogP contribution in [0.5, 0.6) is 0 Å². The van der Waals surface area contributed by atoms with E-state index in [2.05, 4.69) is 20.7 Å². The lowest BCUT2D eigenvalue weighted by Crippen LogP contribution is -2.35. The third-order valence-corrected chi connectivity index (χ3v) is 4.78. The molecule has 0 atom stereocenters. The van der Waals surface area contributed by atoms with E-state index in [0.29, 0.717) is 17.8 Å². The first-order chi connectivity index (χ1) is 11.6. The molecule has 1 rings (SSSR count). The van der Waals surface area contributed by atoms with E-state index in [0.717, 1.165) is 5.56 Å². The molecule has 8 nitrogen and oxygen atoms in total. The topological polar surface area (TPSA) is 116 Å². The number of carbonyl (C=O) groups is 2. The average molecular weight is 370 g/mol. The number of rotatable bonds is 8. The van der Waals surface area contributed by atoms with Gasteiger partial charge in [0.05, 0.1) is 5.75 Å². The number of benzene rings is 1. The van der Waals surface area contributed by atoms with Crippen LogP contribution in [0, 0.1) is 12.8 Å². The number of amides is 3. The van der Waals surface area contributed by atoms with Crippen LogP contribution in [0.1, 0.15) is 25.8 Å². The van der Waals surface area contributed by atoms with Gasteiger partial charge in [0.1, 0.15) is 0 Å². The summed E-state index contributed by atoms with van der Waals surface area (Å²) in [5, 5.41) is 7.96. The number of anilines is 2. The highest BCUT2D eigenvalue weighted by Crippen LogP contribution is 2.23. The van der Waals surface area contributed by atoms with Crippen molar-refractivity contribution in [3.05, 3.63) is 23.8 Å². The molecule has 0 bridgehead atoms. The van der Waals surface area contributed by atoms with Crippen molar-refractivity contribution in [3.63, 3.8) is 0 Å². The van der Waals surface area contributed by atoms with Gasteiger partial charge in [-0.25, -0.2) is 17.9 Å². The fourth-order valence-corrected chi connectivity index (χ4v) is 2.62. The van der Waals surface area contributed by atoms with Crippen LogP contribution in [-0.2, 0) is 14.8 Å². The lowest BCUT2D eigenvalue weighted by Gasteiger charge is -2.14. The maximum Gasteiger partial charge on any atom is 0.319 e.